The monoisotopic (exact) mass is 576 g/mol. The number of hydrogen-bond donors (Lipinski definition) is 3. The molecule has 4 aromatic carbocycles. The van der Waals surface area contributed by atoms with E-state index in [2.05, 4.69) is 10.3 Å². The Morgan fingerprint density at radius 2 is 1.56 bits per heavy atom. The summed E-state index contributed by atoms with van der Waals surface area (Å²) in [5.41, 5.74) is 2.39. The second-order valence-electron chi connectivity index (χ2n) is 9.26. The van der Waals surface area contributed by atoms with E-state index in [0.717, 1.165) is 11.6 Å². The fraction of sp³-hybridized carbons (Fsp3) is 0.0968. The zero-order valence-electron chi connectivity index (χ0n) is 21.8. The normalized spacial score (nSPS) is 11.0. The average Bonchev–Trinajstić information content (AvgIpc) is 3.31. The Morgan fingerprint density at radius 1 is 0.902 bits per heavy atom. The Kier molecular flexibility index (Phi) is 7.63. The van der Waals surface area contributed by atoms with Gasteiger partial charge < -0.3 is 24.9 Å². The van der Waals surface area contributed by atoms with Crippen LogP contribution in [0.1, 0.15) is 32.0 Å². The molecule has 5 aromatic rings. The van der Waals surface area contributed by atoms with Crippen LogP contribution in [0.4, 0.5) is 14.5 Å². The maximum absolute atomic E-state index is 14.1. The topological polar surface area (TPSA) is 101 Å². The first-order chi connectivity index (χ1) is 19.6. The second kappa shape index (κ2) is 11.3. The van der Waals surface area contributed by atoms with Crippen LogP contribution in [0.25, 0.3) is 22.0 Å². The summed E-state index contributed by atoms with van der Waals surface area (Å²) >= 11 is 6.21. The third kappa shape index (κ3) is 5.85. The lowest BCUT2D eigenvalue weighted by Crippen LogP contribution is -2.15. The van der Waals surface area contributed by atoms with Gasteiger partial charge in [-0.25, -0.2) is 13.6 Å². The number of halogens is 3. The molecule has 3 N–H and O–H groups in total. The molecule has 0 aliphatic heterocycles. The maximum Gasteiger partial charge on any atom is 0.354 e. The molecule has 41 heavy (non-hydrogen) atoms. The van der Waals surface area contributed by atoms with E-state index in [9.17, 15) is 23.5 Å². The molecule has 0 spiro atoms. The van der Waals surface area contributed by atoms with Crippen LogP contribution in [0.3, 0.4) is 0 Å². The molecule has 0 aliphatic rings. The predicted molar refractivity (Wildman–Crippen MR) is 152 cm³/mol. The van der Waals surface area contributed by atoms with Crippen molar-refractivity contribution in [3.8, 4) is 22.6 Å². The number of carbonyl (C=O) groups is 2. The van der Waals surface area contributed by atoms with E-state index >= 15 is 0 Å². The predicted octanol–water partition coefficient (Wildman–Crippen LogP) is 7.33. The quantitative estimate of drug-likeness (QED) is 0.180. The van der Waals surface area contributed by atoms with Gasteiger partial charge >= 0.3 is 5.97 Å². The fourth-order valence-electron chi connectivity index (χ4n) is 4.72. The summed E-state index contributed by atoms with van der Waals surface area (Å²) in [4.78, 5) is 28.6. The molecule has 7 nitrogen and oxygen atoms in total. The molecular weight excluding hydrogens is 554 g/mol. The van der Waals surface area contributed by atoms with Gasteiger partial charge in [0, 0.05) is 33.6 Å². The van der Waals surface area contributed by atoms with E-state index in [0.29, 0.717) is 38.6 Å². The van der Waals surface area contributed by atoms with Gasteiger partial charge in [-0.1, -0.05) is 23.7 Å². The number of hydrogen-bond acceptors (Lipinski definition) is 4. The number of rotatable bonds is 8. The third-order valence-corrected chi connectivity index (χ3v) is 6.76. The second-order valence-corrected chi connectivity index (χ2v) is 9.69. The zero-order valence-corrected chi connectivity index (χ0v) is 22.6. The van der Waals surface area contributed by atoms with Crippen molar-refractivity contribution < 1.29 is 33.0 Å². The highest BCUT2D eigenvalue weighted by Crippen LogP contribution is 2.37. The first-order valence-electron chi connectivity index (χ1n) is 12.3. The lowest BCUT2D eigenvalue weighted by atomic mass is 9.95. The van der Waals surface area contributed by atoms with Crippen LogP contribution in [0.5, 0.6) is 11.5 Å². The van der Waals surface area contributed by atoms with Gasteiger partial charge in [0.15, 0.2) is 0 Å². The summed E-state index contributed by atoms with van der Waals surface area (Å²) in [6, 6.07) is 18.1. The highest BCUT2D eigenvalue weighted by molar-refractivity contribution is 6.30. The highest BCUT2D eigenvalue weighted by atomic mass is 35.5. The molecule has 0 atom stereocenters. The SMILES string of the molecule is COc1cc(OC)cc(C(=O)Nc2c(C(=O)O)[nH]c3cc(-c4cc(F)cc(F)c4)cc(Cc4cccc(Cl)c4)c23)c1. The van der Waals surface area contributed by atoms with Crippen LogP contribution in [-0.2, 0) is 6.42 Å². The average molecular weight is 577 g/mol. The Labute approximate surface area is 238 Å². The Hall–Kier alpha value is -4.89. The number of H-pyrrole nitrogens is 1. The van der Waals surface area contributed by atoms with Crippen molar-refractivity contribution >= 4 is 40.1 Å². The summed E-state index contributed by atoms with van der Waals surface area (Å²) in [6.45, 7) is 0. The Balaban J connectivity index is 1.70. The van der Waals surface area contributed by atoms with E-state index in [1.165, 1.54) is 38.5 Å². The van der Waals surface area contributed by atoms with Crippen molar-refractivity contribution in [3.63, 3.8) is 0 Å². The van der Waals surface area contributed by atoms with Crippen LogP contribution in [0.15, 0.2) is 72.8 Å². The van der Waals surface area contributed by atoms with Crippen LogP contribution in [-0.4, -0.2) is 36.2 Å². The molecule has 0 bridgehead atoms. The number of amides is 1. The molecular formula is C31H23ClF2N2O5. The lowest BCUT2D eigenvalue weighted by Gasteiger charge is -2.13. The number of nitrogens with one attached hydrogen (secondary N) is 2. The molecule has 0 radical (unpaired) electrons. The highest BCUT2D eigenvalue weighted by Gasteiger charge is 2.24. The minimum Gasteiger partial charge on any atom is -0.497 e. The zero-order chi connectivity index (χ0) is 29.3. The first-order valence-corrected chi connectivity index (χ1v) is 12.7. The Morgan fingerprint density at radius 3 is 2.17 bits per heavy atom. The number of ether oxygens (including phenoxy) is 2. The molecule has 1 aromatic heterocycles. The van der Waals surface area contributed by atoms with Gasteiger partial charge in [-0.2, -0.15) is 0 Å². The molecule has 1 heterocycles. The van der Waals surface area contributed by atoms with E-state index in [4.69, 9.17) is 21.1 Å². The number of fused-ring (bicyclic) bond motifs is 1. The van der Waals surface area contributed by atoms with E-state index < -0.39 is 23.5 Å². The number of benzene rings is 4. The molecule has 0 saturated carbocycles. The minimum absolute atomic E-state index is 0.0355. The molecule has 0 fully saturated rings. The molecule has 0 saturated heterocycles. The van der Waals surface area contributed by atoms with Gasteiger partial charge in [0.2, 0.25) is 0 Å². The van der Waals surface area contributed by atoms with Crippen molar-refractivity contribution in [2.45, 2.75) is 6.42 Å². The van der Waals surface area contributed by atoms with Crippen LogP contribution in [0.2, 0.25) is 5.02 Å². The minimum atomic E-state index is -1.31. The smallest absolute Gasteiger partial charge is 0.354 e. The summed E-state index contributed by atoms with van der Waals surface area (Å²) in [7, 11) is 2.89. The van der Waals surface area contributed by atoms with Crippen LogP contribution in [0, 0.1) is 11.6 Å². The largest absolute Gasteiger partial charge is 0.497 e. The molecule has 0 aliphatic carbocycles. The standard InChI is InChI=1S/C31H23ClF2N2O5/c1-40-24-11-20(12-25(15-24)41-2)30(37)36-28-27-19(6-16-4-3-5-21(32)7-16)8-17(13-26(27)35-29(28)31(38)39)18-9-22(33)14-23(34)10-18/h3-5,7-15,35H,6H2,1-2H3,(H,36,37)(H,38,39). The number of methoxy groups -OCH3 is 2. The van der Waals surface area contributed by atoms with Crippen molar-refractivity contribution in [1.82, 2.24) is 4.98 Å². The van der Waals surface area contributed by atoms with Crippen molar-refractivity contribution in [3.05, 3.63) is 112 Å². The lowest BCUT2D eigenvalue weighted by molar-refractivity contribution is 0.0692. The van der Waals surface area contributed by atoms with Gasteiger partial charge in [0.05, 0.1) is 19.9 Å². The van der Waals surface area contributed by atoms with Gasteiger partial charge in [-0.3, -0.25) is 4.79 Å². The van der Waals surface area contributed by atoms with Gasteiger partial charge in [0.1, 0.15) is 28.8 Å². The molecule has 10 heteroatoms. The van der Waals surface area contributed by atoms with E-state index in [1.54, 1.807) is 36.4 Å². The summed E-state index contributed by atoms with van der Waals surface area (Å²) in [5.74, 6) is -2.67. The van der Waals surface area contributed by atoms with Gasteiger partial charge in [-0.05, 0) is 77.2 Å². The van der Waals surface area contributed by atoms with E-state index in [-0.39, 0.29) is 28.9 Å². The van der Waals surface area contributed by atoms with E-state index in [1.807, 2.05) is 6.07 Å². The summed E-state index contributed by atoms with van der Waals surface area (Å²) < 4.78 is 38.7. The third-order valence-electron chi connectivity index (χ3n) is 6.53. The summed E-state index contributed by atoms with van der Waals surface area (Å²) in [6.07, 6.45) is 0.273. The number of carboxylic acids is 1. The number of aromatic amines is 1. The summed E-state index contributed by atoms with van der Waals surface area (Å²) in [5, 5.41) is 13.7. The number of aromatic carboxylic acids is 1. The molecule has 1 amide bonds. The first kappa shape index (κ1) is 27.7. The number of carbonyl (C=O) groups excluding carboxylic acids is 1. The van der Waals surface area contributed by atoms with Crippen molar-refractivity contribution in [1.29, 1.82) is 0 Å². The number of carboxylic acid groups (broad SMARTS) is 1. The van der Waals surface area contributed by atoms with Gasteiger partial charge in [0.25, 0.3) is 5.91 Å². The number of aromatic nitrogens is 1. The maximum atomic E-state index is 14.1. The van der Waals surface area contributed by atoms with Crippen molar-refractivity contribution in [2.75, 3.05) is 19.5 Å². The molecule has 5 rings (SSSR count). The molecule has 0 unspecified atom stereocenters. The van der Waals surface area contributed by atoms with Crippen LogP contribution < -0.4 is 14.8 Å². The van der Waals surface area contributed by atoms with Crippen molar-refractivity contribution in [2.24, 2.45) is 0 Å². The fourth-order valence-corrected chi connectivity index (χ4v) is 4.93. The van der Waals surface area contributed by atoms with Gasteiger partial charge in [-0.15, -0.1) is 0 Å². The number of anilines is 1. The molecule has 208 valence electrons. The Bertz CT molecular complexity index is 1780. The van der Waals surface area contributed by atoms with Crippen LogP contribution >= 0.6 is 11.6 Å².